The first-order valence-corrected chi connectivity index (χ1v) is 4.61. The van der Waals surface area contributed by atoms with Gasteiger partial charge in [0, 0.05) is 6.42 Å². The summed E-state index contributed by atoms with van der Waals surface area (Å²) in [5.41, 5.74) is 0.316. The minimum Gasteiger partial charge on any atom is -0.508 e. The van der Waals surface area contributed by atoms with E-state index < -0.39 is 5.97 Å². The zero-order valence-corrected chi connectivity index (χ0v) is 8.40. The molecule has 0 aliphatic rings. The summed E-state index contributed by atoms with van der Waals surface area (Å²) in [5, 5.41) is 8.99. The highest BCUT2D eigenvalue weighted by Crippen LogP contribution is 2.10. The van der Waals surface area contributed by atoms with Gasteiger partial charge in [-0.2, -0.15) is 0 Å². The molecule has 0 aromatic heterocycles. The minimum atomic E-state index is -0.559. The van der Waals surface area contributed by atoms with Crippen LogP contribution in [-0.2, 0) is 9.53 Å². The molecule has 0 saturated heterocycles. The molecule has 0 bridgehead atoms. The predicted molar refractivity (Wildman–Crippen MR) is 53.7 cm³/mol. The molecular formula is C11H12O4. The molecule has 0 radical (unpaired) electrons. The molecule has 4 heteroatoms. The zero-order chi connectivity index (χ0) is 11.3. The van der Waals surface area contributed by atoms with Crippen LogP contribution in [0.5, 0.6) is 5.75 Å². The van der Waals surface area contributed by atoms with Crippen molar-refractivity contribution in [2.45, 2.75) is 13.3 Å². The maximum atomic E-state index is 11.3. The molecular weight excluding hydrogens is 196 g/mol. The molecule has 1 N–H and O–H groups in total. The second-order valence-corrected chi connectivity index (χ2v) is 3.02. The molecule has 0 spiro atoms. The van der Waals surface area contributed by atoms with Crippen LogP contribution >= 0.6 is 0 Å². The van der Waals surface area contributed by atoms with Crippen molar-refractivity contribution in [2.24, 2.45) is 0 Å². The average molecular weight is 208 g/mol. The topological polar surface area (TPSA) is 63.6 Å². The van der Waals surface area contributed by atoms with E-state index >= 15 is 0 Å². The van der Waals surface area contributed by atoms with Gasteiger partial charge in [-0.1, -0.05) is 6.92 Å². The summed E-state index contributed by atoms with van der Waals surface area (Å²) in [5.74, 6) is -0.602. The van der Waals surface area contributed by atoms with Gasteiger partial charge in [0.25, 0.3) is 0 Å². The van der Waals surface area contributed by atoms with E-state index in [1.165, 1.54) is 24.3 Å². The van der Waals surface area contributed by atoms with Crippen LogP contribution < -0.4 is 0 Å². The SMILES string of the molecule is CCC(=O)COC(=O)c1ccc(O)cc1. The van der Waals surface area contributed by atoms with Crippen molar-refractivity contribution in [3.8, 4) is 5.75 Å². The summed E-state index contributed by atoms with van der Waals surface area (Å²) in [6.45, 7) is 1.51. The van der Waals surface area contributed by atoms with Gasteiger partial charge in [0.15, 0.2) is 5.78 Å². The number of ether oxygens (including phenoxy) is 1. The van der Waals surface area contributed by atoms with Gasteiger partial charge in [0.05, 0.1) is 5.56 Å². The normalized spacial score (nSPS) is 9.67. The van der Waals surface area contributed by atoms with Crippen molar-refractivity contribution >= 4 is 11.8 Å². The van der Waals surface area contributed by atoms with Gasteiger partial charge in [-0.15, -0.1) is 0 Å². The van der Waals surface area contributed by atoms with E-state index in [2.05, 4.69) is 0 Å². The molecule has 1 aromatic carbocycles. The smallest absolute Gasteiger partial charge is 0.338 e. The Hall–Kier alpha value is -1.84. The molecule has 1 aromatic rings. The van der Waals surface area contributed by atoms with E-state index in [4.69, 9.17) is 9.84 Å². The second-order valence-electron chi connectivity index (χ2n) is 3.02. The van der Waals surface area contributed by atoms with Crippen LogP contribution in [0.2, 0.25) is 0 Å². The van der Waals surface area contributed by atoms with Gasteiger partial charge in [-0.25, -0.2) is 4.79 Å². The lowest BCUT2D eigenvalue weighted by Gasteiger charge is -2.02. The highest BCUT2D eigenvalue weighted by molar-refractivity contribution is 5.91. The summed E-state index contributed by atoms with van der Waals surface area (Å²) in [6.07, 6.45) is 0.350. The first-order chi connectivity index (χ1) is 7.13. The van der Waals surface area contributed by atoms with Crippen molar-refractivity contribution in [2.75, 3.05) is 6.61 Å². The molecule has 15 heavy (non-hydrogen) atoms. The third-order valence-corrected chi connectivity index (χ3v) is 1.86. The van der Waals surface area contributed by atoms with Crippen LogP contribution in [-0.4, -0.2) is 23.5 Å². The Morgan fingerprint density at radius 2 is 1.87 bits per heavy atom. The van der Waals surface area contributed by atoms with E-state index in [0.717, 1.165) is 0 Å². The van der Waals surface area contributed by atoms with Crippen LogP contribution in [0, 0.1) is 0 Å². The quantitative estimate of drug-likeness (QED) is 0.762. The van der Waals surface area contributed by atoms with Gasteiger partial charge >= 0.3 is 5.97 Å². The molecule has 0 aliphatic carbocycles. The fourth-order valence-electron chi connectivity index (χ4n) is 0.929. The lowest BCUT2D eigenvalue weighted by Crippen LogP contribution is -2.12. The molecule has 0 saturated carbocycles. The van der Waals surface area contributed by atoms with Crippen LogP contribution in [0.25, 0.3) is 0 Å². The third-order valence-electron chi connectivity index (χ3n) is 1.86. The molecule has 0 heterocycles. The summed E-state index contributed by atoms with van der Waals surface area (Å²) in [6, 6.07) is 5.65. The first-order valence-electron chi connectivity index (χ1n) is 4.61. The monoisotopic (exact) mass is 208 g/mol. The maximum Gasteiger partial charge on any atom is 0.338 e. The Balaban J connectivity index is 2.54. The van der Waals surface area contributed by atoms with Gasteiger partial charge in [0.2, 0.25) is 0 Å². The van der Waals surface area contributed by atoms with Crippen molar-refractivity contribution in [3.63, 3.8) is 0 Å². The third kappa shape index (κ3) is 3.42. The van der Waals surface area contributed by atoms with E-state index in [0.29, 0.717) is 12.0 Å². The summed E-state index contributed by atoms with van der Waals surface area (Å²) in [4.78, 5) is 22.2. The number of carbonyl (C=O) groups is 2. The Morgan fingerprint density at radius 1 is 1.27 bits per heavy atom. The van der Waals surface area contributed by atoms with Crippen LogP contribution in [0.3, 0.4) is 0 Å². The molecule has 0 aliphatic heterocycles. The molecule has 0 unspecified atom stereocenters. The largest absolute Gasteiger partial charge is 0.508 e. The van der Waals surface area contributed by atoms with Crippen LogP contribution in [0.1, 0.15) is 23.7 Å². The molecule has 80 valence electrons. The highest BCUT2D eigenvalue weighted by Gasteiger charge is 2.08. The minimum absolute atomic E-state index is 0.0798. The molecule has 0 atom stereocenters. The van der Waals surface area contributed by atoms with Gasteiger partial charge in [-0.3, -0.25) is 4.79 Å². The standard InChI is InChI=1S/C11H12O4/c1-2-9(12)7-15-11(14)8-3-5-10(13)6-4-8/h3-6,13H,2,7H2,1H3. The fraction of sp³-hybridized carbons (Fsp3) is 0.273. The Morgan fingerprint density at radius 3 is 2.40 bits per heavy atom. The highest BCUT2D eigenvalue weighted by atomic mass is 16.5. The van der Waals surface area contributed by atoms with Crippen molar-refractivity contribution in [1.82, 2.24) is 0 Å². The number of hydrogen-bond acceptors (Lipinski definition) is 4. The average Bonchev–Trinajstić information content (AvgIpc) is 2.26. The molecule has 1 rings (SSSR count). The van der Waals surface area contributed by atoms with Crippen molar-refractivity contribution in [3.05, 3.63) is 29.8 Å². The zero-order valence-electron chi connectivity index (χ0n) is 8.40. The number of hydrogen-bond donors (Lipinski definition) is 1. The predicted octanol–water partition coefficient (Wildman–Crippen LogP) is 1.53. The number of benzene rings is 1. The van der Waals surface area contributed by atoms with Crippen LogP contribution in [0.15, 0.2) is 24.3 Å². The van der Waals surface area contributed by atoms with E-state index in [9.17, 15) is 9.59 Å². The summed E-state index contributed by atoms with van der Waals surface area (Å²) in [7, 11) is 0. The number of ketones is 1. The number of Topliss-reactive ketones (excluding diaryl/α,β-unsaturated/α-hetero) is 1. The fourth-order valence-corrected chi connectivity index (χ4v) is 0.929. The van der Waals surface area contributed by atoms with Crippen molar-refractivity contribution in [1.29, 1.82) is 0 Å². The number of carbonyl (C=O) groups excluding carboxylic acids is 2. The van der Waals surface area contributed by atoms with E-state index in [1.807, 2.05) is 0 Å². The number of phenolic OH excluding ortho intramolecular Hbond substituents is 1. The molecule has 4 nitrogen and oxygen atoms in total. The number of esters is 1. The van der Waals surface area contributed by atoms with Gasteiger partial charge in [-0.05, 0) is 24.3 Å². The Kier molecular flexibility index (Phi) is 3.85. The number of phenols is 1. The maximum absolute atomic E-state index is 11.3. The number of aromatic hydroxyl groups is 1. The Bertz CT molecular complexity index is 353. The summed E-state index contributed by atoms with van der Waals surface area (Å²) >= 11 is 0. The lowest BCUT2D eigenvalue weighted by atomic mass is 10.2. The molecule has 0 amide bonds. The van der Waals surface area contributed by atoms with E-state index in [1.54, 1.807) is 6.92 Å². The van der Waals surface area contributed by atoms with Gasteiger partial charge < -0.3 is 9.84 Å². The van der Waals surface area contributed by atoms with Gasteiger partial charge in [0.1, 0.15) is 12.4 Å². The Labute approximate surface area is 87.5 Å². The summed E-state index contributed by atoms with van der Waals surface area (Å²) < 4.78 is 4.75. The van der Waals surface area contributed by atoms with Crippen LogP contribution in [0.4, 0.5) is 0 Å². The lowest BCUT2D eigenvalue weighted by molar-refractivity contribution is -0.121. The first kappa shape index (κ1) is 11.2. The van der Waals surface area contributed by atoms with E-state index in [-0.39, 0.29) is 18.1 Å². The van der Waals surface area contributed by atoms with Crippen molar-refractivity contribution < 1.29 is 19.4 Å². The second kappa shape index (κ2) is 5.14. The number of rotatable bonds is 4. The molecule has 0 fully saturated rings.